The lowest BCUT2D eigenvalue weighted by atomic mass is 10.1. The number of amides is 2. The first-order valence-corrected chi connectivity index (χ1v) is 14.9. The molecule has 0 radical (unpaired) electrons. The quantitative estimate of drug-likeness (QED) is 0.319. The van der Waals surface area contributed by atoms with Gasteiger partial charge in [-0.05, 0) is 68.7 Å². The van der Waals surface area contributed by atoms with Gasteiger partial charge in [0.1, 0.15) is 17.5 Å². The Morgan fingerprint density at radius 1 is 0.974 bits per heavy atom. The van der Waals surface area contributed by atoms with Crippen molar-refractivity contribution in [3.05, 3.63) is 54.1 Å². The summed E-state index contributed by atoms with van der Waals surface area (Å²) in [5, 5.41) is 2.90. The molecule has 9 nitrogen and oxygen atoms in total. The Morgan fingerprint density at radius 3 is 2.16 bits per heavy atom. The number of carbonyl (C=O) groups is 2. The fraction of sp³-hybridized carbons (Fsp3) is 0.500. The van der Waals surface area contributed by atoms with Gasteiger partial charge in [0.25, 0.3) is 0 Å². The molecule has 1 atom stereocenters. The maximum atomic E-state index is 13.4. The third-order valence-corrected chi connectivity index (χ3v) is 7.29. The van der Waals surface area contributed by atoms with E-state index in [0.29, 0.717) is 36.8 Å². The van der Waals surface area contributed by atoms with Crippen LogP contribution in [0.4, 0.5) is 5.69 Å². The number of unbranched alkanes of at least 4 members (excludes halogenated alkanes) is 1. The molecule has 2 aromatic carbocycles. The van der Waals surface area contributed by atoms with E-state index in [2.05, 4.69) is 5.32 Å². The molecule has 0 aliphatic rings. The van der Waals surface area contributed by atoms with Gasteiger partial charge in [-0.2, -0.15) is 0 Å². The second-order valence-corrected chi connectivity index (χ2v) is 11.0. The Bertz CT molecular complexity index is 1120. The number of hydrogen-bond acceptors (Lipinski definition) is 6. The van der Waals surface area contributed by atoms with E-state index in [1.54, 1.807) is 43.2 Å². The van der Waals surface area contributed by atoms with Crippen molar-refractivity contribution in [1.82, 2.24) is 10.2 Å². The van der Waals surface area contributed by atoms with Gasteiger partial charge in [0.15, 0.2) is 0 Å². The van der Waals surface area contributed by atoms with Crippen LogP contribution in [-0.2, 0) is 26.2 Å². The van der Waals surface area contributed by atoms with Gasteiger partial charge in [0.2, 0.25) is 21.8 Å². The van der Waals surface area contributed by atoms with Crippen LogP contribution in [0.25, 0.3) is 0 Å². The topological polar surface area (TPSA) is 105 Å². The third-order valence-electron chi connectivity index (χ3n) is 6.10. The number of sulfonamides is 1. The van der Waals surface area contributed by atoms with Gasteiger partial charge in [-0.25, -0.2) is 8.42 Å². The van der Waals surface area contributed by atoms with Crippen LogP contribution in [0.5, 0.6) is 11.5 Å². The molecule has 1 N–H and O–H groups in total. The van der Waals surface area contributed by atoms with Gasteiger partial charge in [-0.15, -0.1) is 0 Å². The summed E-state index contributed by atoms with van der Waals surface area (Å²) in [6.45, 7) is 7.08. The van der Waals surface area contributed by atoms with Gasteiger partial charge >= 0.3 is 0 Å². The van der Waals surface area contributed by atoms with Crippen molar-refractivity contribution in [2.45, 2.75) is 59.0 Å². The molecule has 0 fully saturated rings. The van der Waals surface area contributed by atoms with Gasteiger partial charge in [-0.3, -0.25) is 13.9 Å². The fourth-order valence-corrected chi connectivity index (χ4v) is 4.89. The summed E-state index contributed by atoms with van der Waals surface area (Å²) in [6.07, 6.45) is 3.34. The Balaban J connectivity index is 2.14. The van der Waals surface area contributed by atoms with E-state index in [1.807, 2.05) is 38.1 Å². The van der Waals surface area contributed by atoms with Crippen LogP contribution in [0.3, 0.4) is 0 Å². The fourth-order valence-electron chi connectivity index (χ4n) is 3.93. The van der Waals surface area contributed by atoms with Gasteiger partial charge in [0.05, 0.1) is 25.7 Å². The van der Waals surface area contributed by atoms with Crippen LogP contribution in [0.15, 0.2) is 48.5 Å². The zero-order chi connectivity index (χ0) is 28.1. The first-order chi connectivity index (χ1) is 18.1. The van der Waals surface area contributed by atoms with Crippen molar-refractivity contribution in [2.75, 3.05) is 37.4 Å². The van der Waals surface area contributed by atoms with E-state index in [4.69, 9.17) is 9.47 Å². The molecule has 0 bridgehead atoms. The zero-order valence-electron chi connectivity index (χ0n) is 23.1. The number of anilines is 1. The maximum Gasteiger partial charge on any atom is 0.242 e. The van der Waals surface area contributed by atoms with Crippen LogP contribution in [0, 0.1) is 0 Å². The van der Waals surface area contributed by atoms with E-state index in [-0.39, 0.29) is 31.3 Å². The van der Waals surface area contributed by atoms with Crippen LogP contribution in [0.2, 0.25) is 0 Å². The monoisotopic (exact) mass is 547 g/mol. The Hall–Kier alpha value is -3.27. The average Bonchev–Trinajstić information content (AvgIpc) is 2.89. The summed E-state index contributed by atoms with van der Waals surface area (Å²) in [6, 6.07) is 13.5. The number of rotatable bonds is 16. The summed E-state index contributed by atoms with van der Waals surface area (Å²) >= 11 is 0. The van der Waals surface area contributed by atoms with Crippen molar-refractivity contribution in [3.8, 4) is 11.5 Å². The average molecular weight is 548 g/mol. The number of carbonyl (C=O) groups excluding carboxylic acids is 2. The summed E-state index contributed by atoms with van der Waals surface area (Å²) in [4.78, 5) is 27.7. The molecule has 38 heavy (non-hydrogen) atoms. The lowest BCUT2D eigenvalue weighted by molar-refractivity contribution is -0.140. The minimum atomic E-state index is -3.57. The molecule has 0 saturated heterocycles. The summed E-state index contributed by atoms with van der Waals surface area (Å²) in [7, 11) is -1.98. The molecule has 0 aliphatic carbocycles. The lowest BCUT2D eigenvalue weighted by Gasteiger charge is -2.29. The summed E-state index contributed by atoms with van der Waals surface area (Å²) in [5.41, 5.74) is 1.36. The normalized spacial score (nSPS) is 11.9. The predicted octanol–water partition coefficient (Wildman–Crippen LogP) is 3.97. The third kappa shape index (κ3) is 9.55. The van der Waals surface area contributed by atoms with Crippen LogP contribution in [0.1, 0.15) is 52.0 Å². The van der Waals surface area contributed by atoms with Crippen molar-refractivity contribution in [3.63, 3.8) is 0 Å². The zero-order valence-corrected chi connectivity index (χ0v) is 23.9. The predicted molar refractivity (Wildman–Crippen MR) is 150 cm³/mol. The standard InChI is InChI=1S/C28H41N3O6S/c1-6-8-19-29-28(33)22(3)30(21-23-11-15-25(36-4)16-12-23)27(32)10-9-20-31(38(5,34)35)24-13-17-26(18-14-24)37-7-2/h11-18,22H,6-10,19-21H2,1-5H3,(H,29,33)/t22-/m0/s1. The van der Waals surface area contributed by atoms with Gasteiger partial charge < -0.3 is 19.7 Å². The highest BCUT2D eigenvalue weighted by Gasteiger charge is 2.26. The van der Waals surface area contributed by atoms with Gasteiger partial charge in [-0.1, -0.05) is 25.5 Å². The van der Waals surface area contributed by atoms with E-state index >= 15 is 0 Å². The SMILES string of the molecule is CCCCNC(=O)[C@H](C)N(Cc1ccc(OC)cc1)C(=O)CCCN(c1ccc(OCC)cc1)S(C)(=O)=O. The largest absolute Gasteiger partial charge is 0.497 e. The Kier molecular flexibility index (Phi) is 12.4. The molecule has 0 aromatic heterocycles. The van der Waals surface area contributed by atoms with Crippen LogP contribution < -0.4 is 19.1 Å². The highest BCUT2D eigenvalue weighted by Crippen LogP contribution is 2.23. The first-order valence-electron chi connectivity index (χ1n) is 13.0. The highest BCUT2D eigenvalue weighted by atomic mass is 32.2. The summed E-state index contributed by atoms with van der Waals surface area (Å²) < 4.78 is 36.9. The van der Waals surface area contributed by atoms with Crippen molar-refractivity contribution >= 4 is 27.5 Å². The van der Waals surface area contributed by atoms with Crippen LogP contribution >= 0.6 is 0 Å². The molecular formula is C28H41N3O6S. The van der Waals surface area contributed by atoms with Crippen molar-refractivity contribution < 1.29 is 27.5 Å². The molecule has 210 valence electrons. The molecule has 0 spiro atoms. The van der Waals surface area contributed by atoms with Crippen molar-refractivity contribution in [2.24, 2.45) is 0 Å². The number of nitrogens with one attached hydrogen (secondary N) is 1. The minimum Gasteiger partial charge on any atom is -0.497 e. The second-order valence-electron chi connectivity index (χ2n) is 9.06. The van der Waals surface area contributed by atoms with Crippen LogP contribution in [-0.4, -0.2) is 64.2 Å². The van der Waals surface area contributed by atoms with Crippen molar-refractivity contribution in [1.29, 1.82) is 0 Å². The van der Waals surface area contributed by atoms with E-state index in [9.17, 15) is 18.0 Å². The number of benzene rings is 2. The highest BCUT2D eigenvalue weighted by molar-refractivity contribution is 7.92. The number of ether oxygens (including phenoxy) is 2. The molecule has 0 heterocycles. The lowest BCUT2D eigenvalue weighted by Crippen LogP contribution is -2.47. The van der Waals surface area contributed by atoms with E-state index in [1.165, 1.54) is 4.31 Å². The summed E-state index contributed by atoms with van der Waals surface area (Å²) in [5.74, 6) is 0.916. The molecule has 0 aliphatic heterocycles. The molecule has 0 saturated carbocycles. The minimum absolute atomic E-state index is 0.0891. The molecule has 10 heteroatoms. The van der Waals surface area contributed by atoms with E-state index < -0.39 is 16.1 Å². The number of methoxy groups -OCH3 is 1. The number of nitrogens with zero attached hydrogens (tertiary/aromatic N) is 2. The number of hydrogen-bond donors (Lipinski definition) is 1. The molecular weight excluding hydrogens is 506 g/mol. The second kappa shape index (κ2) is 15.2. The molecule has 2 rings (SSSR count). The molecule has 0 unspecified atom stereocenters. The smallest absolute Gasteiger partial charge is 0.242 e. The maximum absolute atomic E-state index is 13.4. The Morgan fingerprint density at radius 2 is 1.61 bits per heavy atom. The molecule has 2 aromatic rings. The first kappa shape index (κ1) is 31.0. The Labute approximate surface area is 227 Å². The van der Waals surface area contributed by atoms with Gasteiger partial charge in [0, 0.05) is 26.1 Å². The molecule has 2 amide bonds. The van der Waals surface area contributed by atoms with E-state index in [0.717, 1.165) is 24.7 Å².